The lowest BCUT2D eigenvalue weighted by atomic mass is 10.0. The predicted octanol–water partition coefficient (Wildman–Crippen LogP) is 4.18. The molecule has 0 unspecified atom stereocenters. The van der Waals surface area contributed by atoms with Gasteiger partial charge in [-0.05, 0) is 57.2 Å². The van der Waals surface area contributed by atoms with Gasteiger partial charge in [-0.2, -0.15) is 0 Å². The van der Waals surface area contributed by atoms with Crippen molar-refractivity contribution in [2.24, 2.45) is 0 Å². The number of carboxylic acid groups (broad SMARTS) is 1. The van der Waals surface area contributed by atoms with E-state index in [0.717, 1.165) is 0 Å². The van der Waals surface area contributed by atoms with Gasteiger partial charge in [-0.15, -0.1) is 0 Å². The lowest BCUT2D eigenvalue weighted by Gasteiger charge is -2.34. The van der Waals surface area contributed by atoms with Gasteiger partial charge in [-0.25, -0.2) is 4.79 Å². The molecule has 0 aromatic heterocycles. The lowest BCUT2D eigenvalue weighted by molar-refractivity contribution is -0.114. The van der Waals surface area contributed by atoms with E-state index < -0.39 is 11.6 Å². The van der Waals surface area contributed by atoms with Crippen LogP contribution in [0.4, 0.5) is 21.9 Å². The summed E-state index contributed by atoms with van der Waals surface area (Å²) in [6.45, 7) is 6.74. The van der Waals surface area contributed by atoms with Crippen LogP contribution in [-0.4, -0.2) is 28.6 Å². The Hall–Kier alpha value is -3.35. The molecule has 2 aromatic carbocycles. The molecule has 0 aliphatic rings. The average molecular weight is 369 g/mol. The van der Waals surface area contributed by atoms with Crippen molar-refractivity contribution in [3.8, 4) is 0 Å². The normalized spacial score (nSPS) is 10.8. The van der Waals surface area contributed by atoms with E-state index in [1.54, 1.807) is 69.3 Å². The predicted molar refractivity (Wildman–Crippen MR) is 105 cm³/mol. The lowest BCUT2D eigenvalue weighted by Crippen LogP contribution is -2.45. The Morgan fingerprint density at radius 1 is 0.926 bits per heavy atom. The van der Waals surface area contributed by atoms with Gasteiger partial charge in [0.1, 0.15) is 0 Å². The minimum absolute atomic E-state index is 0.197. The fourth-order valence-electron chi connectivity index (χ4n) is 2.63. The molecule has 2 aromatic rings. The summed E-state index contributed by atoms with van der Waals surface area (Å²) in [5.41, 5.74) is 1.07. The first-order chi connectivity index (χ1) is 12.6. The van der Waals surface area contributed by atoms with E-state index in [2.05, 4.69) is 10.6 Å². The monoisotopic (exact) mass is 369 g/mol. The Labute approximate surface area is 158 Å². The molecular formula is C20H23N3O4. The van der Waals surface area contributed by atoms with Gasteiger partial charge in [-0.3, -0.25) is 14.5 Å². The molecule has 2 rings (SSSR count). The summed E-state index contributed by atoms with van der Waals surface area (Å²) in [5, 5.41) is 15.0. The van der Waals surface area contributed by atoms with E-state index in [-0.39, 0.29) is 11.8 Å². The standard InChI is InChI=1S/C20H23N3O4/c1-13(24)21-15-11-9-14(10-12-15)18(25)22-16-7-5-6-8-17(16)23(19(26)27)20(2,3)4/h5-12H,1-4H3,(H,21,24)(H,22,25)(H,26,27). The maximum atomic E-state index is 12.6. The van der Waals surface area contributed by atoms with Crippen LogP contribution in [0.25, 0.3) is 0 Å². The van der Waals surface area contributed by atoms with Crippen molar-refractivity contribution in [3.63, 3.8) is 0 Å². The number of hydrogen-bond donors (Lipinski definition) is 3. The van der Waals surface area contributed by atoms with Crippen LogP contribution < -0.4 is 15.5 Å². The van der Waals surface area contributed by atoms with Gasteiger partial charge < -0.3 is 15.7 Å². The number of hydrogen-bond acceptors (Lipinski definition) is 3. The van der Waals surface area contributed by atoms with Crippen molar-refractivity contribution in [2.45, 2.75) is 33.2 Å². The molecule has 7 nitrogen and oxygen atoms in total. The summed E-state index contributed by atoms with van der Waals surface area (Å²) in [6.07, 6.45) is -1.11. The highest BCUT2D eigenvalue weighted by Gasteiger charge is 2.29. The first-order valence-corrected chi connectivity index (χ1v) is 8.41. The second-order valence-corrected chi connectivity index (χ2v) is 7.02. The molecule has 0 aliphatic heterocycles. The third-order valence-corrected chi connectivity index (χ3v) is 3.72. The van der Waals surface area contributed by atoms with Crippen LogP contribution in [0.15, 0.2) is 48.5 Å². The quantitative estimate of drug-likeness (QED) is 0.753. The molecule has 0 saturated carbocycles. The van der Waals surface area contributed by atoms with Crippen LogP contribution in [0.2, 0.25) is 0 Å². The number of carbonyl (C=O) groups excluding carboxylic acids is 2. The van der Waals surface area contributed by atoms with Crippen molar-refractivity contribution in [1.29, 1.82) is 0 Å². The summed E-state index contributed by atoms with van der Waals surface area (Å²) in [7, 11) is 0. The van der Waals surface area contributed by atoms with Gasteiger partial charge in [0.05, 0.1) is 11.4 Å². The van der Waals surface area contributed by atoms with E-state index in [0.29, 0.717) is 22.6 Å². The van der Waals surface area contributed by atoms with Crippen molar-refractivity contribution < 1.29 is 19.5 Å². The Morgan fingerprint density at radius 3 is 2.04 bits per heavy atom. The maximum Gasteiger partial charge on any atom is 0.412 e. The Balaban J connectivity index is 2.28. The van der Waals surface area contributed by atoms with E-state index in [1.807, 2.05) is 0 Å². The van der Waals surface area contributed by atoms with Crippen LogP contribution in [0, 0.1) is 0 Å². The highest BCUT2D eigenvalue weighted by molar-refractivity contribution is 6.07. The molecule has 27 heavy (non-hydrogen) atoms. The number of anilines is 3. The summed E-state index contributed by atoms with van der Waals surface area (Å²) >= 11 is 0. The van der Waals surface area contributed by atoms with Crippen LogP contribution in [0.1, 0.15) is 38.1 Å². The molecule has 0 bridgehead atoms. The zero-order valence-electron chi connectivity index (χ0n) is 15.7. The number of benzene rings is 2. The molecule has 142 valence electrons. The van der Waals surface area contributed by atoms with Crippen molar-refractivity contribution in [3.05, 3.63) is 54.1 Å². The molecule has 7 heteroatoms. The first-order valence-electron chi connectivity index (χ1n) is 8.41. The largest absolute Gasteiger partial charge is 0.465 e. The molecule has 0 heterocycles. The van der Waals surface area contributed by atoms with E-state index in [1.165, 1.54) is 11.8 Å². The first kappa shape index (κ1) is 20.0. The SMILES string of the molecule is CC(=O)Nc1ccc(C(=O)Nc2ccccc2N(C(=O)O)C(C)(C)C)cc1. The second-order valence-electron chi connectivity index (χ2n) is 7.02. The van der Waals surface area contributed by atoms with Gasteiger partial charge in [0.2, 0.25) is 5.91 Å². The average Bonchev–Trinajstić information content (AvgIpc) is 2.55. The number of nitrogens with one attached hydrogen (secondary N) is 2. The zero-order chi connectivity index (χ0) is 20.2. The molecule has 0 fully saturated rings. The third kappa shape index (κ3) is 5.07. The third-order valence-electron chi connectivity index (χ3n) is 3.72. The van der Waals surface area contributed by atoms with Gasteiger partial charge in [0.15, 0.2) is 0 Å². The molecule has 0 aliphatic carbocycles. The maximum absolute atomic E-state index is 12.6. The second kappa shape index (κ2) is 7.90. The summed E-state index contributed by atoms with van der Waals surface area (Å²) < 4.78 is 0. The number of nitrogens with zero attached hydrogens (tertiary/aromatic N) is 1. The highest BCUT2D eigenvalue weighted by Crippen LogP contribution is 2.31. The Kier molecular flexibility index (Phi) is 5.85. The number of carbonyl (C=O) groups is 3. The van der Waals surface area contributed by atoms with Crippen LogP contribution in [0.5, 0.6) is 0 Å². The van der Waals surface area contributed by atoms with Gasteiger partial charge in [-0.1, -0.05) is 12.1 Å². The smallest absolute Gasteiger partial charge is 0.412 e. The number of para-hydroxylation sites is 2. The van der Waals surface area contributed by atoms with Crippen LogP contribution in [0.3, 0.4) is 0 Å². The molecule has 0 saturated heterocycles. The topological polar surface area (TPSA) is 98.7 Å². The molecule has 0 spiro atoms. The molecule has 0 radical (unpaired) electrons. The highest BCUT2D eigenvalue weighted by atomic mass is 16.4. The van der Waals surface area contributed by atoms with Crippen molar-refractivity contribution >= 4 is 35.0 Å². The zero-order valence-corrected chi connectivity index (χ0v) is 15.7. The summed E-state index contributed by atoms with van der Waals surface area (Å²) in [5.74, 6) is -0.576. The van der Waals surface area contributed by atoms with Crippen LogP contribution in [-0.2, 0) is 4.79 Å². The van der Waals surface area contributed by atoms with Crippen molar-refractivity contribution in [1.82, 2.24) is 0 Å². The number of amides is 3. The van der Waals surface area contributed by atoms with Gasteiger partial charge in [0.25, 0.3) is 5.91 Å². The Morgan fingerprint density at radius 2 is 1.52 bits per heavy atom. The van der Waals surface area contributed by atoms with Crippen molar-refractivity contribution in [2.75, 3.05) is 15.5 Å². The van der Waals surface area contributed by atoms with Gasteiger partial charge in [0, 0.05) is 23.7 Å². The molecule has 0 atom stereocenters. The molecule has 3 N–H and O–H groups in total. The van der Waals surface area contributed by atoms with E-state index in [9.17, 15) is 19.5 Å². The fourth-order valence-corrected chi connectivity index (χ4v) is 2.63. The fraction of sp³-hybridized carbons (Fsp3) is 0.250. The summed E-state index contributed by atoms with van der Waals surface area (Å²) in [6, 6.07) is 13.2. The van der Waals surface area contributed by atoms with Crippen LogP contribution >= 0.6 is 0 Å². The molecular weight excluding hydrogens is 346 g/mol. The van der Waals surface area contributed by atoms with E-state index in [4.69, 9.17) is 0 Å². The minimum atomic E-state index is -1.11. The van der Waals surface area contributed by atoms with Gasteiger partial charge >= 0.3 is 6.09 Å². The minimum Gasteiger partial charge on any atom is -0.465 e. The Bertz CT molecular complexity index is 854. The number of rotatable bonds is 4. The summed E-state index contributed by atoms with van der Waals surface area (Å²) in [4.78, 5) is 36.6. The molecule has 3 amide bonds. The van der Waals surface area contributed by atoms with E-state index >= 15 is 0 Å².